The van der Waals surface area contributed by atoms with Crippen LogP contribution < -0.4 is 9.47 Å². The van der Waals surface area contributed by atoms with E-state index in [4.69, 9.17) is 19.7 Å². The monoisotopic (exact) mass is 398 g/mol. The van der Waals surface area contributed by atoms with E-state index in [1.807, 2.05) is 0 Å². The van der Waals surface area contributed by atoms with E-state index < -0.39 is 41.6 Å². The number of aliphatic carboxylic acids is 3. The van der Waals surface area contributed by atoms with Crippen molar-refractivity contribution in [1.82, 2.24) is 0 Å². The van der Waals surface area contributed by atoms with Crippen LogP contribution in [0.1, 0.15) is 12.0 Å². The van der Waals surface area contributed by atoms with Gasteiger partial charge in [-0.3, -0.25) is 14.4 Å². The molecule has 11 heteroatoms. The van der Waals surface area contributed by atoms with Gasteiger partial charge >= 0.3 is 17.9 Å². The number of hydrogen-bond donors (Lipinski definition) is 5. The fourth-order valence-electron chi connectivity index (χ4n) is 2.32. The first-order chi connectivity index (χ1) is 13.0. The predicted molar refractivity (Wildman–Crippen MR) is 91.2 cm³/mol. The van der Waals surface area contributed by atoms with Crippen LogP contribution in [0.25, 0.3) is 6.08 Å². The lowest BCUT2D eigenvalue weighted by molar-refractivity contribution is -0.179. The van der Waals surface area contributed by atoms with Gasteiger partial charge in [0.05, 0.1) is 20.6 Å². The van der Waals surface area contributed by atoms with Gasteiger partial charge in [-0.2, -0.15) is 0 Å². The highest BCUT2D eigenvalue weighted by atomic mass is 16.5. The predicted octanol–water partition coefficient (Wildman–Crippen LogP) is -0.0171. The van der Waals surface area contributed by atoms with E-state index in [0.717, 1.165) is 6.08 Å². The third-order valence-corrected chi connectivity index (χ3v) is 3.81. The highest BCUT2D eigenvalue weighted by molar-refractivity contribution is 6.15. The summed E-state index contributed by atoms with van der Waals surface area (Å²) in [6.07, 6.45) is 0.302. The summed E-state index contributed by atoms with van der Waals surface area (Å²) in [5.74, 6) is -10.3. The summed E-state index contributed by atoms with van der Waals surface area (Å²) < 4.78 is 9.84. The number of phenolic OH excluding ortho intramolecular Hbond substituents is 1. The molecule has 1 aromatic carbocycles. The second kappa shape index (κ2) is 8.86. The lowest BCUT2D eigenvalue weighted by Gasteiger charge is -2.26. The topological polar surface area (TPSA) is 188 Å². The van der Waals surface area contributed by atoms with Crippen molar-refractivity contribution in [2.24, 2.45) is 5.92 Å². The quantitative estimate of drug-likeness (QED) is 0.263. The molecule has 0 radical (unpaired) electrons. The Morgan fingerprint density at radius 2 is 1.57 bits per heavy atom. The molecule has 0 aliphatic heterocycles. The van der Waals surface area contributed by atoms with Crippen LogP contribution in [0, 0.1) is 5.92 Å². The fraction of sp³-hybridized carbons (Fsp3) is 0.294. The fourth-order valence-corrected chi connectivity index (χ4v) is 2.32. The molecule has 0 aliphatic rings. The van der Waals surface area contributed by atoms with Crippen LogP contribution in [0.4, 0.5) is 0 Å². The number of methoxy groups -OCH3 is 2. The molecule has 0 aromatic heterocycles. The number of ketones is 1. The van der Waals surface area contributed by atoms with E-state index in [-0.39, 0.29) is 22.8 Å². The molecule has 0 heterocycles. The number of aliphatic hydroxyl groups is 1. The van der Waals surface area contributed by atoms with Crippen LogP contribution in [0.15, 0.2) is 18.2 Å². The Balaban J connectivity index is 3.35. The molecule has 2 atom stereocenters. The molecule has 0 spiro atoms. The molecule has 152 valence electrons. The number of carbonyl (C=O) groups is 4. The molecule has 0 bridgehead atoms. The first kappa shape index (κ1) is 22.4. The van der Waals surface area contributed by atoms with E-state index in [9.17, 15) is 34.5 Å². The Morgan fingerprint density at radius 1 is 1.07 bits per heavy atom. The Morgan fingerprint density at radius 3 is 1.93 bits per heavy atom. The van der Waals surface area contributed by atoms with Crippen LogP contribution in [-0.2, 0) is 19.2 Å². The van der Waals surface area contributed by atoms with E-state index in [1.54, 1.807) is 0 Å². The first-order valence-electron chi connectivity index (χ1n) is 7.56. The normalized spacial score (nSPS) is 14.1. The van der Waals surface area contributed by atoms with Crippen molar-refractivity contribution >= 4 is 29.8 Å². The van der Waals surface area contributed by atoms with Crippen LogP contribution in [0.3, 0.4) is 0 Å². The maximum Gasteiger partial charge on any atom is 0.344 e. The van der Waals surface area contributed by atoms with Crippen LogP contribution in [0.5, 0.6) is 17.2 Å². The van der Waals surface area contributed by atoms with Gasteiger partial charge in [0.1, 0.15) is 5.92 Å². The number of rotatable bonds is 10. The number of benzene rings is 1. The van der Waals surface area contributed by atoms with Gasteiger partial charge in [-0.25, -0.2) is 4.79 Å². The summed E-state index contributed by atoms with van der Waals surface area (Å²) in [6.45, 7) is 0. The summed E-state index contributed by atoms with van der Waals surface area (Å²) >= 11 is 0. The number of hydrogen-bond acceptors (Lipinski definition) is 8. The maximum atomic E-state index is 12.3. The minimum Gasteiger partial charge on any atom is -0.502 e. The largest absolute Gasteiger partial charge is 0.502 e. The number of aromatic hydroxyl groups is 1. The zero-order valence-corrected chi connectivity index (χ0v) is 14.8. The molecule has 5 N–H and O–H groups in total. The molecular formula is C17H18O11. The van der Waals surface area contributed by atoms with Crippen molar-refractivity contribution < 1.29 is 54.2 Å². The van der Waals surface area contributed by atoms with Gasteiger partial charge in [-0.15, -0.1) is 0 Å². The average Bonchev–Trinajstić information content (AvgIpc) is 2.63. The summed E-state index contributed by atoms with van der Waals surface area (Å²) in [6, 6.07) is 2.51. The second-order valence-electron chi connectivity index (χ2n) is 5.53. The Hall–Kier alpha value is -3.60. The molecule has 0 saturated carbocycles. The first-order valence-corrected chi connectivity index (χ1v) is 7.56. The van der Waals surface area contributed by atoms with Gasteiger partial charge in [0, 0.05) is 0 Å². The van der Waals surface area contributed by atoms with Crippen molar-refractivity contribution in [3.05, 3.63) is 23.8 Å². The number of ether oxygens (including phenoxy) is 2. The van der Waals surface area contributed by atoms with Gasteiger partial charge in [-0.05, 0) is 23.8 Å². The Bertz CT molecular complexity index is 801. The van der Waals surface area contributed by atoms with Crippen LogP contribution >= 0.6 is 0 Å². The summed E-state index contributed by atoms with van der Waals surface area (Å²) in [4.78, 5) is 45.8. The van der Waals surface area contributed by atoms with E-state index in [1.165, 1.54) is 26.4 Å². The summed E-state index contributed by atoms with van der Waals surface area (Å²) in [5.41, 5.74) is -3.33. The molecule has 28 heavy (non-hydrogen) atoms. The van der Waals surface area contributed by atoms with Crippen LogP contribution in [-0.4, -0.2) is 69.0 Å². The third kappa shape index (κ3) is 4.57. The molecule has 0 aliphatic carbocycles. The van der Waals surface area contributed by atoms with Crippen molar-refractivity contribution in [2.45, 2.75) is 12.0 Å². The van der Waals surface area contributed by atoms with Crippen molar-refractivity contribution in [2.75, 3.05) is 14.2 Å². The lowest BCUT2D eigenvalue weighted by Crippen LogP contribution is -2.55. The van der Waals surface area contributed by atoms with Gasteiger partial charge in [0.15, 0.2) is 17.3 Å². The minimum absolute atomic E-state index is 0.0331. The molecular weight excluding hydrogens is 380 g/mol. The number of carboxylic acid groups (broad SMARTS) is 3. The molecule has 2 unspecified atom stereocenters. The van der Waals surface area contributed by atoms with Gasteiger partial charge in [0.2, 0.25) is 11.4 Å². The summed E-state index contributed by atoms with van der Waals surface area (Å²) in [5, 5.41) is 47.1. The number of carbonyl (C=O) groups excluding carboxylic acids is 1. The highest BCUT2D eigenvalue weighted by Crippen LogP contribution is 2.37. The molecule has 0 fully saturated rings. The minimum atomic E-state index is -3.51. The summed E-state index contributed by atoms with van der Waals surface area (Å²) in [7, 11) is 2.50. The Labute approximate surface area is 158 Å². The zero-order chi connectivity index (χ0) is 21.6. The zero-order valence-electron chi connectivity index (χ0n) is 14.8. The van der Waals surface area contributed by atoms with Crippen molar-refractivity contribution in [3.63, 3.8) is 0 Å². The highest BCUT2D eigenvalue weighted by Gasteiger charge is 2.54. The van der Waals surface area contributed by atoms with E-state index >= 15 is 0 Å². The van der Waals surface area contributed by atoms with Crippen molar-refractivity contribution in [1.29, 1.82) is 0 Å². The van der Waals surface area contributed by atoms with Crippen LogP contribution in [0.2, 0.25) is 0 Å². The molecule has 0 amide bonds. The van der Waals surface area contributed by atoms with Gasteiger partial charge < -0.3 is 35.0 Å². The number of carboxylic acids is 3. The molecule has 0 saturated heterocycles. The Kier molecular flexibility index (Phi) is 7.10. The molecule has 1 aromatic rings. The maximum absolute atomic E-state index is 12.3. The third-order valence-electron chi connectivity index (χ3n) is 3.81. The average molecular weight is 398 g/mol. The molecule has 11 nitrogen and oxygen atoms in total. The van der Waals surface area contributed by atoms with Gasteiger partial charge in [0.25, 0.3) is 0 Å². The van der Waals surface area contributed by atoms with E-state index in [0.29, 0.717) is 6.08 Å². The molecule has 1 rings (SSSR count). The van der Waals surface area contributed by atoms with Gasteiger partial charge in [-0.1, -0.05) is 6.08 Å². The smallest absolute Gasteiger partial charge is 0.344 e. The second-order valence-corrected chi connectivity index (χ2v) is 5.53. The number of phenols is 1. The SMILES string of the molecule is COc1cc(/C=C/C(=O)C(O)(C(=O)O)C(CC(=O)O)C(=O)O)cc(OC)c1O. The van der Waals surface area contributed by atoms with E-state index in [2.05, 4.69) is 0 Å². The van der Waals surface area contributed by atoms with Crippen molar-refractivity contribution in [3.8, 4) is 17.2 Å². The standard InChI is InChI=1S/C17H18O11/c1-27-10-5-8(6-11(28-2)14(10)21)3-4-12(18)17(26,16(24)25)9(15(22)23)7-13(19)20/h3-6,9,21,26H,7H2,1-2H3,(H,19,20)(H,22,23)(H,24,25)/b4-3+. The lowest BCUT2D eigenvalue weighted by atomic mass is 9.81.